The predicted molar refractivity (Wildman–Crippen MR) is 84.4 cm³/mol. The average Bonchev–Trinajstić information content (AvgIpc) is 3.15. The molecule has 134 valence electrons. The predicted octanol–water partition coefficient (Wildman–Crippen LogP) is 3.26. The lowest BCUT2D eigenvalue weighted by Gasteiger charge is -2.27. The van der Waals surface area contributed by atoms with Gasteiger partial charge >= 0.3 is 12.1 Å². The van der Waals surface area contributed by atoms with Crippen molar-refractivity contribution < 1.29 is 27.9 Å². The van der Waals surface area contributed by atoms with Crippen LogP contribution in [0.5, 0.6) is 0 Å². The summed E-state index contributed by atoms with van der Waals surface area (Å²) in [5.74, 6) is -2.57. The van der Waals surface area contributed by atoms with Crippen molar-refractivity contribution in [2.24, 2.45) is 5.41 Å². The molecule has 2 heterocycles. The highest BCUT2D eigenvalue weighted by Crippen LogP contribution is 2.46. The molecule has 1 aromatic carbocycles. The maximum atomic E-state index is 13.2. The van der Waals surface area contributed by atoms with E-state index in [2.05, 4.69) is 4.98 Å². The van der Waals surface area contributed by atoms with Gasteiger partial charge in [-0.25, -0.2) is 0 Å². The maximum Gasteiger partial charge on any atom is 0.406 e. The van der Waals surface area contributed by atoms with Gasteiger partial charge in [-0.2, -0.15) is 13.2 Å². The van der Waals surface area contributed by atoms with E-state index < -0.39 is 36.4 Å². The Morgan fingerprint density at radius 3 is 2.52 bits per heavy atom. The number of carboxylic acids is 1. The Kier molecular flexibility index (Phi) is 3.81. The number of aliphatic carboxylic acids is 1. The molecule has 0 spiro atoms. The van der Waals surface area contributed by atoms with Crippen LogP contribution in [0.15, 0.2) is 18.2 Å². The Labute approximate surface area is 141 Å². The van der Waals surface area contributed by atoms with Crippen molar-refractivity contribution >= 4 is 22.8 Å². The molecule has 3 rings (SSSR count). The smallest absolute Gasteiger partial charge is 0.406 e. The van der Waals surface area contributed by atoms with Crippen LogP contribution in [0, 0.1) is 19.3 Å². The number of rotatable bonds is 2. The molecule has 2 N–H and O–H groups in total. The molecule has 1 aromatic heterocycles. The molecule has 8 heteroatoms. The first-order valence-electron chi connectivity index (χ1n) is 7.75. The molecule has 1 aliphatic rings. The highest BCUT2D eigenvalue weighted by atomic mass is 19.4. The van der Waals surface area contributed by atoms with Gasteiger partial charge in [-0.05, 0) is 43.5 Å². The van der Waals surface area contributed by atoms with Crippen LogP contribution in [-0.4, -0.2) is 46.1 Å². The van der Waals surface area contributed by atoms with Crippen molar-refractivity contribution in [3.63, 3.8) is 0 Å². The first kappa shape index (κ1) is 17.3. The van der Waals surface area contributed by atoms with Gasteiger partial charge in [-0.15, -0.1) is 0 Å². The molecular weight excluding hydrogens is 337 g/mol. The first-order valence-corrected chi connectivity index (χ1v) is 7.75. The summed E-state index contributed by atoms with van der Waals surface area (Å²) in [6.45, 7) is 2.69. The molecule has 25 heavy (non-hydrogen) atoms. The monoisotopic (exact) mass is 354 g/mol. The van der Waals surface area contributed by atoms with Crippen molar-refractivity contribution in [2.75, 3.05) is 13.1 Å². The number of aromatic nitrogens is 1. The number of alkyl halides is 3. The van der Waals surface area contributed by atoms with E-state index >= 15 is 0 Å². The lowest BCUT2D eigenvalue weighted by Crippen LogP contribution is -2.47. The van der Waals surface area contributed by atoms with Crippen LogP contribution in [0.2, 0.25) is 0 Å². The summed E-state index contributed by atoms with van der Waals surface area (Å²) in [6, 6.07) is 5.29. The second-order valence-corrected chi connectivity index (χ2v) is 6.51. The number of likely N-dealkylation sites (tertiary alicyclic amines) is 1. The van der Waals surface area contributed by atoms with E-state index in [1.807, 2.05) is 19.9 Å². The van der Waals surface area contributed by atoms with Gasteiger partial charge < -0.3 is 15.0 Å². The fourth-order valence-electron chi connectivity index (χ4n) is 3.25. The van der Waals surface area contributed by atoms with Crippen LogP contribution < -0.4 is 0 Å². The summed E-state index contributed by atoms with van der Waals surface area (Å²) in [4.78, 5) is 27.7. The lowest BCUT2D eigenvalue weighted by molar-refractivity contribution is -0.227. The molecule has 2 aromatic rings. The average molecular weight is 354 g/mol. The number of aromatic amines is 1. The van der Waals surface area contributed by atoms with Gasteiger partial charge in [0, 0.05) is 24.0 Å². The lowest BCUT2D eigenvalue weighted by atomic mass is 9.86. The molecule has 0 saturated carbocycles. The zero-order valence-electron chi connectivity index (χ0n) is 13.7. The quantitative estimate of drug-likeness (QED) is 0.869. The van der Waals surface area contributed by atoms with Crippen molar-refractivity contribution in [3.8, 4) is 0 Å². The second kappa shape index (κ2) is 5.50. The molecule has 1 amide bonds. The minimum absolute atomic E-state index is 0.159. The molecule has 1 saturated heterocycles. The molecule has 1 aliphatic heterocycles. The fourth-order valence-corrected chi connectivity index (χ4v) is 3.25. The van der Waals surface area contributed by atoms with E-state index in [1.54, 1.807) is 12.1 Å². The number of nitrogens with zero attached hydrogens (tertiary/aromatic N) is 1. The summed E-state index contributed by atoms with van der Waals surface area (Å²) < 4.78 is 39.7. The number of nitrogens with one attached hydrogen (secondary N) is 1. The topological polar surface area (TPSA) is 73.4 Å². The number of amides is 1. The Hall–Kier alpha value is -2.51. The van der Waals surface area contributed by atoms with Crippen LogP contribution in [0.25, 0.3) is 10.9 Å². The largest absolute Gasteiger partial charge is 0.481 e. The van der Waals surface area contributed by atoms with Crippen molar-refractivity contribution in [2.45, 2.75) is 26.4 Å². The number of hydrogen-bond acceptors (Lipinski definition) is 2. The molecule has 0 radical (unpaired) electrons. The summed E-state index contributed by atoms with van der Waals surface area (Å²) >= 11 is 0. The third-order valence-electron chi connectivity index (χ3n) is 5.08. The van der Waals surface area contributed by atoms with E-state index in [0.29, 0.717) is 5.52 Å². The van der Waals surface area contributed by atoms with Gasteiger partial charge in [-0.1, -0.05) is 6.07 Å². The number of aryl methyl sites for hydroxylation is 2. The summed E-state index contributed by atoms with van der Waals surface area (Å²) in [5.41, 5.74) is -0.0164. The van der Waals surface area contributed by atoms with Crippen molar-refractivity contribution in [1.82, 2.24) is 9.88 Å². The molecule has 1 unspecified atom stereocenters. The molecule has 5 nitrogen and oxygen atoms in total. The van der Waals surface area contributed by atoms with E-state index in [0.717, 1.165) is 21.4 Å². The summed E-state index contributed by atoms with van der Waals surface area (Å²) in [7, 11) is 0. The maximum absolute atomic E-state index is 13.2. The van der Waals surface area contributed by atoms with Crippen molar-refractivity contribution in [1.29, 1.82) is 0 Å². The van der Waals surface area contributed by atoms with Gasteiger partial charge in [0.1, 0.15) is 5.69 Å². The normalized spacial score (nSPS) is 21.1. The minimum atomic E-state index is -4.91. The number of carboxylic acid groups (broad SMARTS) is 1. The van der Waals surface area contributed by atoms with Crippen LogP contribution in [0.4, 0.5) is 13.2 Å². The standard InChI is InChI=1S/C17H17F3N2O3/c1-9-3-4-12-11(10(9)2)7-13(21-12)14(23)22-6-5-16(8-22,15(24)25)17(18,19)20/h3-4,7,21H,5-6,8H2,1-2H3,(H,24,25). The van der Waals surface area contributed by atoms with Gasteiger partial charge in [0.15, 0.2) is 5.41 Å². The molecule has 1 atom stereocenters. The molecule has 0 bridgehead atoms. The molecular formula is C17H17F3N2O3. The number of H-pyrrole nitrogens is 1. The zero-order chi connectivity index (χ0) is 18.6. The van der Waals surface area contributed by atoms with E-state index in [9.17, 15) is 22.8 Å². The molecule has 0 aliphatic carbocycles. The van der Waals surface area contributed by atoms with Gasteiger partial charge in [0.05, 0.1) is 0 Å². The van der Waals surface area contributed by atoms with Crippen LogP contribution >= 0.6 is 0 Å². The highest BCUT2D eigenvalue weighted by Gasteiger charge is 2.64. The third-order valence-corrected chi connectivity index (χ3v) is 5.08. The number of halogens is 3. The summed E-state index contributed by atoms with van der Waals surface area (Å²) in [6.07, 6.45) is -5.56. The summed E-state index contributed by atoms with van der Waals surface area (Å²) in [5, 5.41) is 9.91. The Morgan fingerprint density at radius 1 is 1.28 bits per heavy atom. The van der Waals surface area contributed by atoms with Crippen LogP contribution in [0.3, 0.4) is 0 Å². The Balaban J connectivity index is 1.92. The minimum Gasteiger partial charge on any atom is -0.481 e. The van der Waals surface area contributed by atoms with Gasteiger partial charge in [0.2, 0.25) is 0 Å². The number of carbonyl (C=O) groups is 2. The van der Waals surface area contributed by atoms with Crippen LogP contribution in [0.1, 0.15) is 28.0 Å². The van der Waals surface area contributed by atoms with E-state index in [4.69, 9.17) is 5.11 Å². The SMILES string of the molecule is Cc1ccc2[nH]c(C(=O)N3CCC(C(=O)O)(C(F)(F)F)C3)cc2c1C. The number of hydrogen-bond donors (Lipinski definition) is 2. The van der Waals surface area contributed by atoms with Crippen LogP contribution in [-0.2, 0) is 4.79 Å². The Morgan fingerprint density at radius 2 is 1.96 bits per heavy atom. The van der Waals surface area contributed by atoms with E-state index in [-0.39, 0.29) is 12.2 Å². The number of carbonyl (C=O) groups excluding carboxylic acids is 1. The third kappa shape index (κ3) is 2.56. The fraction of sp³-hybridized carbons (Fsp3) is 0.412. The Bertz CT molecular complexity index is 872. The highest BCUT2D eigenvalue weighted by molar-refractivity contribution is 5.99. The molecule has 1 fully saturated rings. The number of benzene rings is 1. The second-order valence-electron chi connectivity index (χ2n) is 6.51. The zero-order valence-corrected chi connectivity index (χ0v) is 13.7. The van der Waals surface area contributed by atoms with Gasteiger partial charge in [0.25, 0.3) is 5.91 Å². The van der Waals surface area contributed by atoms with Gasteiger partial charge in [-0.3, -0.25) is 9.59 Å². The van der Waals surface area contributed by atoms with E-state index in [1.165, 1.54) is 0 Å². The number of fused-ring (bicyclic) bond motifs is 1. The first-order chi connectivity index (χ1) is 11.6. The van der Waals surface area contributed by atoms with Crippen molar-refractivity contribution in [3.05, 3.63) is 35.0 Å².